The number of ether oxygens (including phenoxy) is 1. The van der Waals surface area contributed by atoms with Crippen LogP contribution in [0.1, 0.15) is 11.4 Å². The number of aryl methyl sites for hydroxylation is 1. The Balaban J connectivity index is 2.71. The molecule has 0 fully saturated rings. The van der Waals surface area contributed by atoms with Crippen LogP contribution in [0.25, 0.3) is 5.69 Å². The zero-order valence-corrected chi connectivity index (χ0v) is 11.4. The van der Waals surface area contributed by atoms with Crippen LogP contribution in [-0.4, -0.2) is 16.9 Å². The Hall–Kier alpha value is -1.85. The lowest BCUT2D eigenvalue weighted by Gasteiger charge is -2.14. The van der Waals surface area contributed by atoms with E-state index < -0.39 is 0 Å². The Morgan fingerprint density at radius 3 is 2.79 bits per heavy atom. The Labute approximate surface area is 115 Å². The molecule has 0 saturated carbocycles. The second kappa shape index (κ2) is 5.42. The predicted octanol–water partition coefficient (Wildman–Crippen LogP) is 1.66. The summed E-state index contributed by atoms with van der Waals surface area (Å²) in [5, 5.41) is 4.81. The summed E-state index contributed by atoms with van der Waals surface area (Å²) in [6.45, 7) is 1.87. The first-order valence-corrected chi connectivity index (χ1v) is 6.08. The maximum Gasteiger partial charge on any atom is 0.204 e. The van der Waals surface area contributed by atoms with Crippen molar-refractivity contribution in [2.75, 3.05) is 7.11 Å². The average molecular weight is 280 g/mol. The highest BCUT2D eigenvalue weighted by atomic mass is 35.5. The van der Waals surface area contributed by atoms with Crippen LogP contribution in [0.2, 0.25) is 5.02 Å². The van der Waals surface area contributed by atoms with Crippen LogP contribution >= 0.6 is 11.6 Å². The topological polar surface area (TPSA) is 70.1 Å². The number of halogens is 1. The van der Waals surface area contributed by atoms with Crippen molar-refractivity contribution >= 4 is 11.6 Å². The molecule has 2 N–H and O–H groups in total. The number of hydrogen-bond acceptors (Lipinski definition) is 4. The van der Waals surface area contributed by atoms with Crippen LogP contribution < -0.4 is 15.9 Å². The quantitative estimate of drug-likeness (QED) is 0.928. The largest absolute Gasteiger partial charge is 0.494 e. The van der Waals surface area contributed by atoms with E-state index in [0.717, 1.165) is 0 Å². The lowest BCUT2D eigenvalue weighted by atomic mass is 10.2. The molecular formula is C13H14ClN3O2. The van der Waals surface area contributed by atoms with E-state index in [1.165, 1.54) is 6.07 Å². The smallest absolute Gasteiger partial charge is 0.204 e. The van der Waals surface area contributed by atoms with Gasteiger partial charge in [0.2, 0.25) is 5.43 Å². The first kappa shape index (κ1) is 13.6. The molecule has 0 aliphatic carbocycles. The van der Waals surface area contributed by atoms with Crippen LogP contribution in [0.3, 0.4) is 0 Å². The van der Waals surface area contributed by atoms with Crippen LogP contribution in [0, 0.1) is 6.92 Å². The minimum Gasteiger partial charge on any atom is -0.494 e. The van der Waals surface area contributed by atoms with Gasteiger partial charge < -0.3 is 10.5 Å². The number of aromatic nitrogens is 2. The molecule has 2 aromatic rings. The van der Waals surface area contributed by atoms with Crippen molar-refractivity contribution in [2.45, 2.75) is 13.5 Å². The summed E-state index contributed by atoms with van der Waals surface area (Å²) in [5.41, 5.74) is 7.00. The minimum atomic E-state index is -0.169. The maximum atomic E-state index is 11.7. The Bertz CT molecular complexity index is 667. The first-order chi connectivity index (χ1) is 9.06. The molecule has 0 spiro atoms. The van der Waals surface area contributed by atoms with Gasteiger partial charge in [-0.3, -0.25) is 4.79 Å². The minimum absolute atomic E-state index is 0.0853. The summed E-state index contributed by atoms with van der Waals surface area (Å²) in [5.74, 6) is 0.617. The molecule has 0 aliphatic rings. The predicted molar refractivity (Wildman–Crippen MR) is 74.0 cm³/mol. The fourth-order valence-electron chi connectivity index (χ4n) is 1.80. The Morgan fingerprint density at radius 1 is 1.42 bits per heavy atom. The second-order valence-corrected chi connectivity index (χ2v) is 4.47. The molecular weight excluding hydrogens is 266 g/mol. The highest BCUT2D eigenvalue weighted by molar-refractivity contribution is 6.30. The molecule has 0 unspecified atom stereocenters. The molecule has 1 aromatic heterocycles. The van der Waals surface area contributed by atoms with Gasteiger partial charge >= 0.3 is 0 Å². The van der Waals surface area contributed by atoms with Crippen LogP contribution in [0.15, 0.2) is 29.1 Å². The third-order valence-corrected chi connectivity index (χ3v) is 2.98. The van der Waals surface area contributed by atoms with Gasteiger partial charge in [0.05, 0.1) is 7.11 Å². The van der Waals surface area contributed by atoms with Gasteiger partial charge in [-0.05, 0) is 25.1 Å². The molecule has 6 heteroatoms. The molecule has 0 atom stereocenters. The fraction of sp³-hybridized carbons (Fsp3) is 0.231. The summed E-state index contributed by atoms with van der Waals surface area (Å²) < 4.78 is 6.89. The van der Waals surface area contributed by atoms with E-state index in [2.05, 4.69) is 5.10 Å². The number of hydrogen-bond donors (Lipinski definition) is 1. The van der Waals surface area contributed by atoms with Crippen molar-refractivity contribution in [1.82, 2.24) is 9.78 Å². The summed E-state index contributed by atoms with van der Waals surface area (Å²) in [7, 11) is 1.56. The second-order valence-electron chi connectivity index (χ2n) is 4.03. The molecule has 0 amide bonds. The van der Waals surface area contributed by atoms with Gasteiger partial charge in [0.1, 0.15) is 17.1 Å². The molecule has 0 aliphatic heterocycles. The molecule has 1 aromatic carbocycles. The van der Waals surface area contributed by atoms with Gasteiger partial charge in [-0.2, -0.15) is 5.10 Å². The van der Waals surface area contributed by atoms with Crippen molar-refractivity contribution < 1.29 is 4.74 Å². The van der Waals surface area contributed by atoms with E-state index in [-0.39, 0.29) is 12.0 Å². The Kier molecular flexibility index (Phi) is 3.87. The van der Waals surface area contributed by atoms with E-state index in [0.29, 0.717) is 27.8 Å². The lowest BCUT2D eigenvalue weighted by Crippen LogP contribution is -2.21. The fourth-order valence-corrected chi connectivity index (χ4v) is 1.96. The standard InChI is InChI=1S/C13H14ClN3O2/c1-8-5-12(18)10(7-15)16-17(8)11-6-9(14)3-4-13(11)19-2/h3-6H,7,15H2,1-2H3. The molecule has 1 heterocycles. The van der Waals surface area contributed by atoms with Crippen molar-refractivity contribution in [2.24, 2.45) is 5.73 Å². The number of methoxy groups -OCH3 is 1. The molecule has 0 saturated heterocycles. The molecule has 5 nitrogen and oxygen atoms in total. The van der Waals surface area contributed by atoms with Crippen LogP contribution in [0.4, 0.5) is 0 Å². The van der Waals surface area contributed by atoms with Crippen molar-refractivity contribution in [3.63, 3.8) is 0 Å². The van der Waals surface area contributed by atoms with E-state index in [4.69, 9.17) is 22.1 Å². The molecule has 19 heavy (non-hydrogen) atoms. The third-order valence-electron chi connectivity index (χ3n) is 2.74. The Morgan fingerprint density at radius 2 is 2.16 bits per heavy atom. The summed E-state index contributed by atoms with van der Waals surface area (Å²) in [6, 6.07) is 6.70. The van der Waals surface area contributed by atoms with Gasteiger partial charge in [-0.1, -0.05) is 11.6 Å². The normalized spacial score (nSPS) is 10.5. The number of benzene rings is 1. The van der Waals surface area contributed by atoms with E-state index in [9.17, 15) is 4.79 Å². The van der Waals surface area contributed by atoms with E-state index >= 15 is 0 Å². The lowest BCUT2D eigenvalue weighted by molar-refractivity contribution is 0.411. The summed E-state index contributed by atoms with van der Waals surface area (Å²) in [6.07, 6.45) is 0. The summed E-state index contributed by atoms with van der Waals surface area (Å²) >= 11 is 6.00. The summed E-state index contributed by atoms with van der Waals surface area (Å²) in [4.78, 5) is 11.7. The highest BCUT2D eigenvalue weighted by Gasteiger charge is 2.11. The number of nitrogens with zero attached hydrogens (tertiary/aromatic N) is 2. The van der Waals surface area contributed by atoms with Gasteiger partial charge in [-0.15, -0.1) is 0 Å². The SMILES string of the molecule is COc1ccc(Cl)cc1-n1nc(CN)c(=O)cc1C. The van der Waals surface area contributed by atoms with Crippen molar-refractivity contribution in [3.8, 4) is 11.4 Å². The van der Waals surface area contributed by atoms with Gasteiger partial charge in [0.15, 0.2) is 0 Å². The molecule has 0 bridgehead atoms. The maximum absolute atomic E-state index is 11.7. The van der Waals surface area contributed by atoms with Crippen molar-refractivity contribution in [1.29, 1.82) is 0 Å². The van der Waals surface area contributed by atoms with Gasteiger partial charge in [0.25, 0.3) is 0 Å². The molecule has 0 radical (unpaired) electrons. The number of rotatable bonds is 3. The van der Waals surface area contributed by atoms with Gasteiger partial charge in [0, 0.05) is 23.3 Å². The van der Waals surface area contributed by atoms with E-state index in [1.54, 1.807) is 36.9 Å². The first-order valence-electron chi connectivity index (χ1n) is 5.70. The molecule has 100 valence electrons. The molecule has 2 rings (SSSR count). The number of nitrogens with two attached hydrogens (primary N) is 1. The van der Waals surface area contributed by atoms with Crippen molar-refractivity contribution in [3.05, 3.63) is 50.9 Å². The van der Waals surface area contributed by atoms with Crippen LogP contribution in [-0.2, 0) is 6.54 Å². The third kappa shape index (κ3) is 2.62. The van der Waals surface area contributed by atoms with Gasteiger partial charge in [-0.25, -0.2) is 4.68 Å². The van der Waals surface area contributed by atoms with E-state index in [1.807, 2.05) is 0 Å². The highest BCUT2D eigenvalue weighted by Crippen LogP contribution is 2.26. The zero-order chi connectivity index (χ0) is 14.0. The average Bonchev–Trinajstić information content (AvgIpc) is 2.39. The van der Waals surface area contributed by atoms with Crippen LogP contribution in [0.5, 0.6) is 5.75 Å². The zero-order valence-electron chi connectivity index (χ0n) is 10.7. The monoisotopic (exact) mass is 279 g/mol.